The number of fused-ring (bicyclic) bond motifs is 2. The molecule has 1 aromatic heterocycles. The topological polar surface area (TPSA) is 83.7 Å². The van der Waals surface area contributed by atoms with Crippen molar-refractivity contribution < 1.29 is 19.1 Å². The van der Waals surface area contributed by atoms with Gasteiger partial charge in [-0.05, 0) is 29.7 Å². The predicted molar refractivity (Wildman–Crippen MR) is 108 cm³/mol. The minimum Gasteiger partial charge on any atom is -0.486 e. The molecular weight excluding hydrogens is 370 g/mol. The van der Waals surface area contributed by atoms with E-state index in [2.05, 4.69) is 10.3 Å². The van der Waals surface area contributed by atoms with Crippen molar-refractivity contribution in [1.82, 2.24) is 10.3 Å². The standard InChI is InChI=1S/C22H21N3O4/c26-21-10-15(13-25(21)17-5-6-19-20(11-17)29-8-7-28-19)22(27)23-12-16-9-14-3-1-2-4-18(14)24-16/h1-6,9,11,15,24H,7-8,10,12-13H2,(H,23,27). The fraction of sp³-hybridized carbons (Fsp3) is 0.273. The number of H-pyrrole nitrogens is 1. The molecule has 2 aliphatic rings. The van der Waals surface area contributed by atoms with E-state index in [1.165, 1.54) is 0 Å². The largest absolute Gasteiger partial charge is 0.486 e. The van der Waals surface area contributed by atoms with E-state index >= 15 is 0 Å². The molecule has 7 heteroatoms. The molecule has 7 nitrogen and oxygen atoms in total. The lowest BCUT2D eigenvalue weighted by Crippen LogP contribution is -2.32. The number of hydrogen-bond donors (Lipinski definition) is 2. The van der Waals surface area contributed by atoms with Gasteiger partial charge in [0.15, 0.2) is 11.5 Å². The molecule has 5 rings (SSSR count). The summed E-state index contributed by atoms with van der Waals surface area (Å²) in [6, 6.07) is 15.4. The van der Waals surface area contributed by atoms with Crippen LogP contribution in [0.4, 0.5) is 5.69 Å². The molecule has 1 atom stereocenters. The first-order chi connectivity index (χ1) is 14.2. The molecule has 3 aromatic rings. The van der Waals surface area contributed by atoms with Crippen LogP contribution in [0.15, 0.2) is 48.5 Å². The fourth-order valence-electron chi connectivity index (χ4n) is 3.89. The Balaban J connectivity index is 1.24. The van der Waals surface area contributed by atoms with Gasteiger partial charge in [-0.1, -0.05) is 18.2 Å². The molecule has 2 aromatic carbocycles. The van der Waals surface area contributed by atoms with E-state index in [4.69, 9.17) is 9.47 Å². The Morgan fingerprint density at radius 3 is 2.79 bits per heavy atom. The van der Waals surface area contributed by atoms with Crippen molar-refractivity contribution in [3.8, 4) is 11.5 Å². The summed E-state index contributed by atoms with van der Waals surface area (Å²) in [5.74, 6) is 0.761. The number of carbonyl (C=O) groups is 2. The van der Waals surface area contributed by atoms with Crippen LogP contribution in [-0.4, -0.2) is 36.6 Å². The van der Waals surface area contributed by atoms with Gasteiger partial charge in [0, 0.05) is 35.9 Å². The zero-order valence-corrected chi connectivity index (χ0v) is 15.8. The fourth-order valence-corrected chi connectivity index (χ4v) is 3.89. The summed E-state index contributed by atoms with van der Waals surface area (Å²) in [4.78, 5) is 30.1. The maximum atomic E-state index is 12.6. The molecule has 0 spiro atoms. The van der Waals surface area contributed by atoms with Gasteiger partial charge in [-0.15, -0.1) is 0 Å². The number of aromatic amines is 1. The molecule has 0 radical (unpaired) electrons. The molecule has 2 amide bonds. The summed E-state index contributed by atoms with van der Waals surface area (Å²) in [6.07, 6.45) is 0.201. The third kappa shape index (κ3) is 3.40. The average Bonchev–Trinajstić information content (AvgIpc) is 3.35. The van der Waals surface area contributed by atoms with Gasteiger partial charge in [-0.3, -0.25) is 9.59 Å². The lowest BCUT2D eigenvalue weighted by Gasteiger charge is -2.22. The van der Waals surface area contributed by atoms with Crippen LogP contribution < -0.4 is 19.7 Å². The van der Waals surface area contributed by atoms with Crippen LogP contribution in [0.5, 0.6) is 11.5 Å². The van der Waals surface area contributed by atoms with E-state index in [-0.39, 0.29) is 24.2 Å². The van der Waals surface area contributed by atoms with Crippen LogP contribution in [0.25, 0.3) is 10.9 Å². The summed E-state index contributed by atoms with van der Waals surface area (Å²) >= 11 is 0. The van der Waals surface area contributed by atoms with Crippen molar-refractivity contribution in [3.63, 3.8) is 0 Å². The number of nitrogens with one attached hydrogen (secondary N) is 2. The Hall–Kier alpha value is -3.48. The molecule has 1 fully saturated rings. The molecule has 0 aliphatic carbocycles. The third-order valence-corrected chi connectivity index (χ3v) is 5.37. The summed E-state index contributed by atoms with van der Waals surface area (Å²) in [6.45, 7) is 1.77. The normalized spacial score (nSPS) is 18.3. The highest BCUT2D eigenvalue weighted by Crippen LogP contribution is 2.36. The van der Waals surface area contributed by atoms with Crippen LogP contribution in [0.1, 0.15) is 12.1 Å². The van der Waals surface area contributed by atoms with E-state index in [1.807, 2.05) is 36.4 Å². The van der Waals surface area contributed by atoms with Gasteiger partial charge in [-0.2, -0.15) is 0 Å². The second kappa shape index (κ2) is 7.16. The number of amides is 2. The van der Waals surface area contributed by atoms with Gasteiger partial charge < -0.3 is 24.7 Å². The van der Waals surface area contributed by atoms with Crippen LogP contribution in [0, 0.1) is 5.92 Å². The molecular formula is C22H21N3O4. The summed E-state index contributed by atoms with van der Waals surface area (Å²) in [7, 11) is 0. The van der Waals surface area contributed by atoms with Crippen molar-refractivity contribution >= 4 is 28.4 Å². The van der Waals surface area contributed by atoms with E-state index in [0.717, 1.165) is 22.3 Å². The molecule has 2 N–H and O–H groups in total. The van der Waals surface area contributed by atoms with Gasteiger partial charge in [-0.25, -0.2) is 0 Å². The van der Waals surface area contributed by atoms with Crippen molar-refractivity contribution in [2.24, 2.45) is 5.92 Å². The molecule has 2 aliphatic heterocycles. The Kier molecular flexibility index (Phi) is 4.35. The van der Waals surface area contributed by atoms with Crippen molar-refractivity contribution in [2.45, 2.75) is 13.0 Å². The lowest BCUT2D eigenvalue weighted by molar-refractivity contribution is -0.126. The second-order valence-corrected chi connectivity index (χ2v) is 7.33. The van der Waals surface area contributed by atoms with Crippen LogP contribution in [0.3, 0.4) is 0 Å². The van der Waals surface area contributed by atoms with Crippen LogP contribution in [-0.2, 0) is 16.1 Å². The number of carbonyl (C=O) groups excluding carboxylic acids is 2. The Labute approximate surface area is 167 Å². The zero-order valence-electron chi connectivity index (χ0n) is 15.8. The van der Waals surface area contributed by atoms with Crippen LogP contribution in [0.2, 0.25) is 0 Å². The van der Waals surface area contributed by atoms with Crippen molar-refractivity contribution in [3.05, 3.63) is 54.2 Å². The molecule has 1 saturated heterocycles. The minimum atomic E-state index is -0.375. The summed E-state index contributed by atoms with van der Waals surface area (Å²) < 4.78 is 11.1. The molecule has 1 unspecified atom stereocenters. The number of ether oxygens (including phenoxy) is 2. The van der Waals surface area contributed by atoms with E-state index in [1.54, 1.807) is 17.0 Å². The molecule has 0 bridgehead atoms. The SMILES string of the molecule is O=C(NCc1cc2ccccc2[nH]1)C1CC(=O)N(c2ccc3c(c2)OCCO3)C1. The maximum Gasteiger partial charge on any atom is 0.227 e. The maximum absolute atomic E-state index is 12.6. The van der Waals surface area contributed by atoms with Gasteiger partial charge in [0.25, 0.3) is 0 Å². The highest BCUT2D eigenvalue weighted by molar-refractivity contribution is 6.00. The first kappa shape index (κ1) is 17.6. The molecule has 29 heavy (non-hydrogen) atoms. The number of hydrogen-bond acceptors (Lipinski definition) is 4. The highest BCUT2D eigenvalue weighted by Gasteiger charge is 2.35. The summed E-state index contributed by atoms with van der Waals surface area (Å²) in [5.41, 5.74) is 2.70. The number of nitrogens with zero attached hydrogens (tertiary/aromatic N) is 1. The average molecular weight is 391 g/mol. The smallest absolute Gasteiger partial charge is 0.227 e. The van der Waals surface area contributed by atoms with Crippen LogP contribution >= 0.6 is 0 Å². The first-order valence-electron chi connectivity index (χ1n) is 9.72. The second-order valence-electron chi connectivity index (χ2n) is 7.33. The Bertz CT molecular complexity index is 1060. The van der Waals surface area contributed by atoms with Gasteiger partial charge in [0.05, 0.1) is 12.5 Å². The quantitative estimate of drug-likeness (QED) is 0.716. The zero-order chi connectivity index (χ0) is 19.8. The van der Waals surface area contributed by atoms with Crippen molar-refractivity contribution in [1.29, 1.82) is 0 Å². The Morgan fingerprint density at radius 1 is 1.10 bits per heavy atom. The van der Waals surface area contributed by atoms with E-state index in [9.17, 15) is 9.59 Å². The van der Waals surface area contributed by atoms with Crippen molar-refractivity contribution in [2.75, 3.05) is 24.7 Å². The number of anilines is 1. The van der Waals surface area contributed by atoms with Gasteiger partial charge in [0.1, 0.15) is 13.2 Å². The number of aromatic nitrogens is 1. The molecule has 3 heterocycles. The molecule has 0 saturated carbocycles. The third-order valence-electron chi connectivity index (χ3n) is 5.37. The first-order valence-corrected chi connectivity index (χ1v) is 9.72. The monoisotopic (exact) mass is 391 g/mol. The van der Waals surface area contributed by atoms with Gasteiger partial charge in [0.2, 0.25) is 11.8 Å². The number of rotatable bonds is 4. The lowest BCUT2D eigenvalue weighted by atomic mass is 10.1. The number of para-hydroxylation sites is 1. The highest BCUT2D eigenvalue weighted by atomic mass is 16.6. The predicted octanol–water partition coefficient (Wildman–Crippen LogP) is 2.61. The van der Waals surface area contributed by atoms with Gasteiger partial charge >= 0.3 is 0 Å². The van der Waals surface area contributed by atoms with E-state index < -0.39 is 0 Å². The number of benzene rings is 2. The minimum absolute atomic E-state index is 0.0626. The van der Waals surface area contributed by atoms with E-state index in [0.29, 0.717) is 37.8 Å². The Morgan fingerprint density at radius 2 is 1.93 bits per heavy atom. The summed E-state index contributed by atoms with van der Waals surface area (Å²) in [5, 5.41) is 4.06. The molecule has 148 valence electrons.